The van der Waals surface area contributed by atoms with Crippen LogP contribution in [0.4, 0.5) is 4.39 Å². The van der Waals surface area contributed by atoms with Gasteiger partial charge in [-0.05, 0) is 61.7 Å². The zero-order chi connectivity index (χ0) is 20.3. The molecule has 0 spiro atoms. The van der Waals surface area contributed by atoms with Gasteiger partial charge in [0.05, 0.1) is 4.90 Å². The van der Waals surface area contributed by atoms with E-state index in [0.29, 0.717) is 28.9 Å². The standard InChI is InChI=1S/C19H19BrClFN2O3S/c20-14-4-9-17(22)13(11-14)12-24(18-3-1-2-10-23-19(18)25)28(26,27)16-7-5-15(21)6-8-16/h4-9,11,18H,1-3,10,12H2,(H,23,25). The third-order valence-corrected chi connectivity index (χ3v) is 7.22. The molecule has 1 N–H and O–H groups in total. The van der Waals surface area contributed by atoms with E-state index >= 15 is 0 Å². The molecule has 2 aromatic rings. The molecule has 1 heterocycles. The molecule has 1 aliphatic heterocycles. The lowest BCUT2D eigenvalue weighted by Gasteiger charge is -2.29. The molecule has 0 aliphatic carbocycles. The Labute approximate surface area is 177 Å². The van der Waals surface area contributed by atoms with E-state index in [1.807, 2.05) is 0 Å². The van der Waals surface area contributed by atoms with Crippen LogP contribution in [0.1, 0.15) is 24.8 Å². The number of hydrogen-bond acceptors (Lipinski definition) is 3. The predicted molar refractivity (Wildman–Crippen MR) is 109 cm³/mol. The fourth-order valence-electron chi connectivity index (χ4n) is 3.13. The Bertz CT molecular complexity index is 970. The average Bonchev–Trinajstić information content (AvgIpc) is 2.87. The Hall–Kier alpha value is -1.48. The highest BCUT2D eigenvalue weighted by Gasteiger charge is 2.37. The van der Waals surface area contributed by atoms with Crippen LogP contribution in [0.5, 0.6) is 0 Å². The molecule has 0 radical (unpaired) electrons. The van der Waals surface area contributed by atoms with Gasteiger partial charge < -0.3 is 5.32 Å². The summed E-state index contributed by atoms with van der Waals surface area (Å²) in [4.78, 5) is 12.6. The van der Waals surface area contributed by atoms with Crippen LogP contribution in [0.3, 0.4) is 0 Å². The largest absolute Gasteiger partial charge is 0.355 e. The Morgan fingerprint density at radius 3 is 2.61 bits per heavy atom. The Morgan fingerprint density at radius 1 is 1.18 bits per heavy atom. The lowest BCUT2D eigenvalue weighted by atomic mass is 10.1. The molecule has 0 aromatic heterocycles. The van der Waals surface area contributed by atoms with E-state index in [4.69, 9.17) is 11.6 Å². The number of hydrogen-bond donors (Lipinski definition) is 1. The van der Waals surface area contributed by atoms with Gasteiger partial charge in [-0.1, -0.05) is 27.5 Å². The molecule has 9 heteroatoms. The van der Waals surface area contributed by atoms with Crippen LogP contribution in [0, 0.1) is 5.82 Å². The molecule has 0 bridgehead atoms. The van der Waals surface area contributed by atoms with Crippen molar-refractivity contribution >= 4 is 43.5 Å². The van der Waals surface area contributed by atoms with E-state index < -0.39 is 21.9 Å². The SMILES string of the molecule is O=C1NCCCCC1N(Cc1cc(Br)ccc1F)S(=O)(=O)c1ccc(Cl)cc1. The summed E-state index contributed by atoms with van der Waals surface area (Å²) >= 11 is 9.16. The smallest absolute Gasteiger partial charge is 0.244 e. The fraction of sp³-hybridized carbons (Fsp3) is 0.316. The lowest BCUT2D eigenvalue weighted by molar-refractivity contribution is -0.124. The van der Waals surface area contributed by atoms with Gasteiger partial charge in [-0.15, -0.1) is 0 Å². The Morgan fingerprint density at radius 2 is 1.89 bits per heavy atom. The molecule has 1 fully saturated rings. The van der Waals surface area contributed by atoms with Crippen LogP contribution in [0.15, 0.2) is 51.8 Å². The molecular weight excluding hydrogens is 471 g/mol. The van der Waals surface area contributed by atoms with Crippen molar-refractivity contribution < 1.29 is 17.6 Å². The van der Waals surface area contributed by atoms with Crippen molar-refractivity contribution in [1.29, 1.82) is 0 Å². The number of amides is 1. The lowest BCUT2D eigenvalue weighted by Crippen LogP contribution is -2.48. The molecule has 1 saturated heterocycles. The van der Waals surface area contributed by atoms with Crippen LogP contribution in [0.2, 0.25) is 5.02 Å². The van der Waals surface area contributed by atoms with Gasteiger partial charge in [0.1, 0.15) is 11.9 Å². The molecule has 5 nitrogen and oxygen atoms in total. The molecule has 2 aromatic carbocycles. The van der Waals surface area contributed by atoms with E-state index in [-0.39, 0.29) is 22.9 Å². The maximum Gasteiger partial charge on any atom is 0.244 e. The second-order valence-corrected chi connectivity index (χ2v) is 9.79. The van der Waals surface area contributed by atoms with Crippen molar-refractivity contribution in [2.24, 2.45) is 0 Å². The van der Waals surface area contributed by atoms with Crippen molar-refractivity contribution in [2.45, 2.75) is 36.7 Å². The monoisotopic (exact) mass is 488 g/mol. The Kier molecular flexibility index (Phi) is 6.75. The summed E-state index contributed by atoms with van der Waals surface area (Å²) in [7, 11) is -4.06. The van der Waals surface area contributed by atoms with Crippen LogP contribution in [-0.4, -0.2) is 31.2 Å². The highest BCUT2D eigenvalue weighted by molar-refractivity contribution is 9.10. The first-order chi connectivity index (χ1) is 13.3. The molecular formula is C19H19BrClFN2O3S. The maximum atomic E-state index is 14.4. The van der Waals surface area contributed by atoms with Crippen LogP contribution in [0.25, 0.3) is 0 Å². The summed E-state index contributed by atoms with van der Waals surface area (Å²) in [5, 5.41) is 3.15. The number of nitrogens with one attached hydrogen (secondary N) is 1. The fourth-order valence-corrected chi connectivity index (χ4v) is 5.27. The van der Waals surface area contributed by atoms with E-state index in [2.05, 4.69) is 21.2 Å². The van der Waals surface area contributed by atoms with Crippen LogP contribution < -0.4 is 5.32 Å². The van der Waals surface area contributed by atoms with Gasteiger partial charge in [0.2, 0.25) is 15.9 Å². The third-order valence-electron chi connectivity index (χ3n) is 4.61. The van der Waals surface area contributed by atoms with Crippen molar-refractivity contribution in [3.05, 3.63) is 63.3 Å². The van der Waals surface area contributed by atoms with Crippen LogP contribution >= 0.6 is 27.5 Å². The highest BCUT2D eigenvalue weighted by atomic mass is 79.9. The molecule has 1 unspecified atom stereocenters. The highest BCUT2D eigenvalue weighted by Crippen LogP contribution is 2.27. The van der Waals surface area contributed by atoms with Crippen molar-refractivity contribution in [3.63, 3.8) is 0 Å². The minimum absolute atomic E-state index is 0.00403. The van der Waals surface area contributed by atoms with Gasteiger partial charge in [0, 0.05) is 28.1 Å². The molecule has 1 aliphatic rings. The summed E-state index contributed by atoms with van der Waals surface area (Å²) in [5.41, 5.74) is 0.184. The van der Waals surface area contributed by atoms with Crippen molar-refractivity contribution in [1.82, 2.24) is 9.62 Å². The number of nitrogens with zero attached hydrogens (tertiary/aromatic N) is 1. The summed E-state index contributed by atoms with van der Waals surface area (Å²) in [6.07, 6.45) is 1.83. The third kappa shape index (κ3) is 4.74. The van der Waals surface area contributed by atoms with Crippen LogP contribution in [-0.2, 0) is 21.4 Å². The number of sulfonamides is 1. The van der Waals surface area contributed by atoms with E-state index in [1.54, 1.807) is 0 Å². The van der Waals surface area contributed by atoms with Crippen molar-refractivity contribution in [2.75, 3.05) is 6.54 Å². The van der Waals surface area contributed by atoms with Crippen molar-refractivity contribution in [3.8, 4) is 0 Å². The molecule has 3 rings (SSSR count). The topological polar surface area (TPSA) is 66.5 Å². The summed E-state index contributed by atoms with van der Waals surface area (Å²) in [6, 6.07) is 9.12. The summed E-state index contributed by atoms with van der Waals surface area (Å²) < 4.78 is 42.8. The minimum Gasteiger partial charge on any atom is -0.355 e. The number of carbonyl (C=O) groups excluding carboxylic acids is 1. The first-order valence-corrected chi connectivity index (χ1v) is 11.4. The quantitative estimate of drug-likeness (QED) is 0.688. The predicted octanol–water partition coefficient (Wildman–Crippen LogP) is 4.10. The number of halogens is 3. The second kappa shape index (κ2) is 8.90. The molecule has 0 saturated carbocycles. The van der Waals surface area contributed by atoms with E-state index in [0.717, 1.165) is 10.7 Å². The molecule has 150 valence electrons. The molecule has 1 atom stereocenters. The number of rotatable bonds is 5. The van der Waals surface area contributed by atoms with Gasteiger partial charge >= 0.3 is 0 Å². The van der Waals surface area contributed by atoms with Gasteiger partial charge in [-0.3, -0.25) is 4.79 Å². The summed E-state index contributed by atoms with van der Waals surface area (Å²) in [6.45, 7) is 0.240. The zero-order valence-electron chi connectivity index (χ0n) is 14.9. The van der Waals surface area contributed by atoms with Gasteiger partial charge in [-0.25, -0.2) is 12.8 Å². The Balaban J connectivity index is 2.06. The molecule has 28 heavy (non-hydrogen) atoms. The number of carbonyl (C=O) groups is 1. The minimum atomic E-state index is -4.06. The van der Waals surface area contributed by atoms with Gasteiger partial charge in [-0.2, -0.15) is 4.31 Å². The number of benzene rings is 2. The summed E-state index contributed by atoms with van der Waals surface area (Å²) in [5.74, 6) is -0.904. The van der Waals surface area contributed by atoms with Gasteiger partial charge in [0.25, 0.3) is 0 Å². The average molecular weight is 490 g/mol. The van der Waals surface area contributed by atoms with Gasteiger partial charge in [0.15, 0.2) is 0 Å². The normalized spacial score (nSPS) is 18.0. The van der Waals surface area contributed by atoms with E-state index in [1.165, 1.54) is 42.5 Å². The first kappa shape index (κ1) is 21.2. The van der Waals surface area contributed by atoms with E-state index in [9.17, 15) is 17.6 Å². The maximum absolute atomic E-state index is 14.4. The first-order valence-electron chi connectivity index (χ1n) is 8.78. The zero-order valence-corrected chi connectivity index (χ0v) is 18.0. The second-order valence-electron chi connectivity index (χ2n) is 6.54. The molecule has 1 amide bonds.